The van der Waals surface area contributed by atoms with Gasteiger partial charge in [-0.1, -0.05) is 12.1 Å². The SMILES string of the molecule is CC(=O)c1ccc(S(=O)(=O)N2CCN(C(=O)C[NH+](C)Cc3ccco3)CC2)cc1. The Hall–Kier alpha value is -2.49. The van der Waals surface area contributed by atoms with E-state index >= 15 is 0 Å². The molecule has 0 bridgehead atoms. The largest absolute Gasteiger partial charge is 0.463 e. The zero-order valence-electron chi connectivity index (χ0n) is 16.6. The highest BCUT2D eigenvalue weighted by molar-refractivity contribution is 7.89. The van der Waals surface area contributed by atoms with Gasteiger partial charge in [0.25, 0.3) is 5.91 Å². The molecule has 1 aliphatic heterocycles. The number of furan rings is 1. The molecule has 1 aliphatic rings. The second-order valence-corrected chi connectivity index (χ2v) is 9.19. The van der Waals surface area contributed by atoms with Gasteiger partial charge in [-0.3, -0.25) is 9.59 Å². The summed E-state index contributed by atoms with van der Waals surface area (Å²) in [7, 11) is -1.72. The number of nitrogens with zero attached hydrogens (tertiary/aromatic N) is 2. The van der Waals surface area contributed by atoms with Gasteiger partial charge < -0.3 is 14.2 Å². The molecule has 2 heterocycles. The van der Waals surface area contributed by atoms with Gasteiger partial charge in [-0.05, 0) is 31.2 Å². The van der Waals surface area contributed by atoms with E-state index in [0.29, 0.717) is 31.7 Å². The smallest absolute Gasteiger partial charge is 0.277 e. The van der Waals surface area contributed by atoms with Crippen LogP contribution in [-0.2, 0) is 21.4 Å². The lowest BCUT2D eigenvalue weighted by Gasteiger charge is -2.34. The third-order valence-corrected chi connectivity index (χ3v) is 6.91. The molecular formula is C20H26N3O5S+. The molecule has 1 aromatic heterocycles. The van der Waals surface area contributed by atoms with Crippen LogP contribution in [0.3, 0.4) is 0 Å². The number of carbonyl (C=O) groups is 2. The third-order valence-electron chi connectivity index (χ3n) is 5.00. The van der Waals surface area contributed by atoms with Gasteiger partial charge in [0.1, 0.15) is 6.54 Å². The molecule has 1 saturated heterocycles. The molecule has 0 aliphatic carbocycles. The molecule has 9 heteroatoms. The number of quaternary nitrogens is 1. The van der Waals surface area contributed by atoms with Crippen molar-refractivity contribution >= 4 is 21.7 Å². The Kier molecular flexibility index (Phi) is 6.51. The molecule has 1 aromatic carbocycles. The first-order chi connectivity index (χ1) is 13.8. The fourth-order valence-corrected chi connectivity index (χ4v) is 4.75. The van der Waals surface area contributed by atoms with Crippen LogP contribution in [0.5, 0.6) is 0 Å². The Bertz CT molecular complexity index is 947. The number of ketones is 1. The van der Waals surface area contributed by atoms with E-state index in [4.69, 9.17) is 4.42 Å². The quantitative estimate of drug-likeness (QED) is 0.638. The standard InChI is InChI=1S/C20H25N3O5S/c1-16(24)17-5-7-19(8-6-17)29(26,27)23-11-9-22(10-12-23)20(25)15-21(2)14-18-4-3-13-28-18/h3-8,13H,9-12,14-15H2,1-2H3/p+1. The highest BCUT2D eigenvalue weighted by Gasteiger charge is 2.31. The van der Waals surface area contributed by atoms with Crippen molar-refractivity contribution in [2.45, 2.75) is 18.4 Å². The monoisotopic (exact) mass is 420 g/mol. The minimum atomic E-state index is -3.64. The number of carbonyl (C=O) groups excluding carboxylic acids is 2. The lowest BCUT2D eigenvalue weighted by atomic mass is 10.2. The Morgan fingerprint density at radius 3 is 2.28 bits per heavy atom. The molecule has 1 fully saturated rings. The number of benzene rings is 1. The van der Waals surface area contributed by atoms with E-state index in [1.165, 1.54) is 35.5 Å². The maximum absolute atomic E-state index is 12.8. The van der Waals surface area contributed by atoms with E-state index in [1.54, 1.807) is 11.2 Å². The Balaban J connectivity index is 1.55. The Morgan fingerprint density at radius 1 is 1.07 bits per heavy atom. The van der Waals surface area contributed by atoms with Crippen LogP contribution in [0.25, 0.3) is 0 Å². The van der Waals surface area contributed by atoms with Crippen LogP contribution in [0.1, 0.15) is 23.0 Å². The van der Waals surface area contributed by atoms with Crippen molar-refractivity contribution < 1.29 is 27.3 Å². The van der Waals surface area contributed by atoms with Crippen molar-refractivity contribution in [3.05, 3.63) is 54.0 Å². The van der Waals surface area contributed by atoms with Gasteiger partial charge in [-0.2, -0.15) is 4.31 Å². The van der Waals surface area contributed by atoms with Crippen LogP contribution >= 0.6 is 0 Å². The lowest BCUT2D eigenvalue weighted by molar-refractivity contribution is -0.886. The van der Waals surface area contributed by atoms with Crippen LogP contribution in [0.15, 0.2) is 52.0 Å². The fourth-order valence-electron chi connectivity index (χ4n) is 3.33. The number of Topliss-reactive ketones (excluding diaryl/α,β-unsaturated/α-hetero) is 1. The molecule has 156 valence electrons. The maximum Gasteiger partial charge on any atom is 0.277 e. The zero-order valence-corrected chi connectivity index (χ0v) is 17.4. The van der Waals surface area contributed by atoms with E-state index in [9.17, 15) is 18.0 Å². The normalized spacial score (nSPS) is 16.6. The third kappa shape index (κ3) is 5.11. The molecule has 8 nitrogen and oxygen atoms in total. The molecule has 1 unspecified atom stereocenters. The molecule has 2 aromatic rings. The van der Waals surface area contributed by atoms with Crippen molar-refractivity contribution in [3.8, 4) is 0 Å². The topological polar surface area (TPSA) is 92.3 Å². The Labute approximate surface area is 170 Å². The van der Waals surface area contributed by atoms with Crippen molar-refractivity contribution in [2.24, 2.45) is 0 Å². The number of likely N-dealkylation sites (N-methyl/N-ethyl adjacent to an activating group) is 1. The number of hydrogen-bond acceptors (Lipinski definition) is 5. The van der Waals surface area contributed by atoms with Crippen LogP contribution in [-0.4, -0.2) is 69.1 Å². The average molecular weight is 421 g/mol. The van der Waals surface area contributed by atoms with Gasteiger partial charge in [0.2, 0.25) is 10.0 Å². The summed E-state index contributed by atoms with van der Waals surface area (Å²) in [4.78, 5) is 26.8. The molecule has 29 heavy (non-hydrogen) atoms. The summed E-state index contributed by atoms with van der Waals surface area (Å²) in [6.07, 6.45) is 1.61. The van der Waals surface area contributed by atoms with Crippen LogP contribution in [0.2, 0.25) is 0 Å². The van der Waals surface area contributed by atoms with Crippen LogP contribution in [0.4, 0.5) is 0 Å². The summed E-state index contributed by atoms with van der Waals surface area (Å²) in [6, 6.07) is 9.64. The molecule has 0 radical (unpaired) electrons. The summed E-state index contributed by atoms with van der Waals surface area (Å²) in [5.41, 5.74) is 0.473. The summed E-state index contributed by atoms with van der Waals surface area (Å²) < 4.78 is 32.3. The first kappa shape index (κ1) is 21.2. The Morgan fingerprint density at radius 2 is 1.72 bits per heavy atom. The van der Waals surface area contributed by atoms with E-state index < -0.39 is 10.0 Å². The number of amides is 1. The fraction of sp³-hybridized carbons (Fsp3) is 0.400. The summed E-state index contributed by atoms with van der Waals surface area (Å²) in [5.74, 6) is 0.708. The lowest BCUT2D eigenvalue weighted by Crippen LogP contribution is -3.08. The molecule has 0 spiro atoms. The predicted molar refractivity (Wildman–Crippen MR) is 106 cm³/mol. The first-order valence-corrected chi connectivity index (χ1v) is 10.9. The summed E-state index contributed by atoms with van der Waals surface area (Å²) in [6.45, 7) is 3.59. The van der Waals surface area contributed by atoms with E-state index in [2.05, 4.69) is 0 Å². The molecule has 3 rings (SSSR count). The molecule has 1 N–H and O–H groups in total. The number of hydrogen-bond donors (Lipinski definition) is 1. The van der Waals surface area contributed by atoms with E-state index in [1.807, 2.05) is 19.2 Å². The predicted octanol–water partition coefficient (Wildman–Crippen LogP) is 0.0300. The average Bonchev–Trinajstić information content (AvgIpc) is 3.21. The van der Waals surface area contributed by atoms with Crippen LogP contribution in [0, 0.1) is 0 Å². The van der Waals surface area contributed by atoms with Crippen LogP contribution < -0.4 is 4.90 Å². The van der Waals surface area contributed by atoms with Gasteiger partial charge in [-0.25, -0.2) is 8.42 Å². The van der Waals surface area contributed by atoms with Crippen molar-refractivity contribution in [1.82, 2.24) is 9.21 Å². The molecule has 0 saturated carbocycles. The van der Waals surface area contributed by atoms with Gasteiger partial charge in [0, 0.05) is 31.7 Å². The number of sulfonamides is 1. The van der Waals surface area contributed by atoms with Crippen molar-refractivity contribution in [3.63, 3.8) is 0 Å². The second-order valence-electron chi connectivity index (χ2n) is 7.26. The molecular weight excluding hydrogens is 394 g/mol. The maximum atomic E-state index is 12.8. The van der Waals surface area contributed by atoms with Crippen molar-refractivity contribution in [1.29, 1.82) is 0 Å². The number of nitrogens with one attached hydrogen (secondary N) is 1. The molecule has 1 atom stereocenters. The van der Waals surface area contributed by atoms with Crippen molar-refractivity contribution in [2.75, 3.05) is 39.8 Å². The molecule has 1 amide bonds. The van der Waals surface area contributed by atoms with Gasteiger partial charge in [0.15, 0.2) is 18.1 Å². The number of piperazine rings is 1. The minimum Gasteiger partial charge on any atom is -0.463 e. The first-order valence-electron chi connectivity index (χ1n) is 9.50. The zero-order chi connectivity index (χ0) is 21.0. The highest BCUT2D eigenvalue weighted by atomic mass is 32.2. The summed E-state index contributed by atoms with van der Waals surface area (Å²) >= 11 is 0. The summed E-state index contributed by atoms with van der Waals surface area (Å²) in [5, 5.41) is 0. The second kappa shape index (κ2) is 8.89. The number of rotatable bonds is 7. The minimum absolute atomic E-state index is 0.00286. The van der Waals surface area contributed by atoms with Gasteiger partial charge >= 0.3 is 0 Å². The van der Waals surface area contributed by atoms with E-state index in [0.717, 1.165) is 10.7 Å². The highest BCUT2D eigenvalue weighted by Crippen LogP contribution is 2.18. The van der Waals surface area contributed by atoms with Gasteiger partial charge in [0.05, 0.1) is 18.2 Å². The van der Waals surface area contributed by atoms with Gasteiger partial charge in [-0.15, -0.1) is 0 Å². The van der Waals surface area contributed by atoms with E-state index in [-0.39, 0.29) is 29.7 Å².